The van der Waals surface area contributed by atoms with Crippen molar-refractivity contribution in [1.82, 2.24) is 0 Å². The predicted octanol–water partition coefficient (Wildman–Crippen LogP) is 3.32. The average Bonchev–Trinajstić information content (AvgIpc) is 2.62. The normalized spacial score (nSPS) is 11.6. The van der Waals surface area contributed by atoms with Crippen LogP contribution in [-0.4, -0.2) is 6.66 Å². The molecule has 0 aliphatic carbocycles. The van der Waals surface area contributed by atoms with Crippen LogP contribution in [0.3, 0.4) is 0 Å². The van der Waals surface area contributed by atoms with E-state index in [1.165, 1.54) is 15.9 Å². The SMILES string of the molecule is C#Cc1ccc([PH](C)(c2ccccc2)c2ccccc2)cc1. The number of hydrogen-bond donors (Lipinski definition) is 0. The molecule has 108 valence electrons. The number of benzene rings is 3. The van der Waals surface area contributed by atoms with E-state index in [4.69, 9.17) is 6.42 Å². The molecule has 0 bridgehead atoms. The Morgan fingerprint density at radius 2 is 1.05 bits per heavy atom. The maximum atomic E-state index is 5.49. The first kappa shape index (κ1) is 14.6. The molecule has 0 aliphatic rings. The van der Waals surface area contributed by atoms with E-state index in [0.29, 0.717) is 0 Å². The van der Waals surface area contributed by atoms with E-state index in [0.717, 1.165) is 5.56 Å². The average molecular weight is 302 g/mol. The second-order valence-corrected chi connectivity index (χ2v) is 9.56. The summed E-state index contributed by atoms with van der Waals surface area (Å²) < 4.78 is 0. The van der Waals surface area contributed by atoms with Gasteiger partial charge in [0.2, 0.25) is 0 Å². The first-order chi connectivity index (χ1) is 10.7. The van der Waals surface area contributed by atoms with Crippen LogP contribution in [0.1, 0.15) is 5.56 Å². The monoisotopic (exact) mass is 302 g/mol. The molecule has 0 amide bonds. The fourth-order valence-electron chi connectivity index (χ4n) is 2.94. The molecule has 3 aromatic rings. The van der Waals surface area contributed by atoms with Crippen molar-refractivity contribution in [2.75, 3.05) is 6.66 Å². The molecule has 0 spiro atoms. The third-order valence-corrected chi connectivity index (χ3v) is 8.80. The van der Waals surface area contributed by atoms with Gasteiger partial charge in [0.1, 0.15) is 0 Å². The molecule has 3 rings (SSSR count). The first-order valence-electron chi connectivity index (χ1n) is 7.43. The van der Waals surface area contributed by atoms with Crippen LogP contribution in [-0.2, 0) is 0 Å². The summed E-state index contributed by atoms with van der Waals surface area (Å²) in [5.41, 5.74) is 0.932. The number of terminal acetylenes is 1. The Hall–Kier alpha value is -2.35. The van der Waals surface area contributed by atoms with Gasteiger partial charge < -0.3 is 0 Å². The summed E-state index contributed by atoms with van der Waals surface area (Å²) in [5, 5.41) is 4.20. The molecular weight excluding hydrogens is 283 g/mol. The van der Waals surface area contributed by atoms with Crippen molar-refractivity contribution >= 4 is 23.2 Å². The maximum absolute atomic E-state index is 5.49. The molecule has 3 aromatic carbocycles. The Morgan fingerprint density at radius 3 is 1.45 bits per heavy atom. The van der Waals surface area contributed by atoms with Crippen molar-refractivity contribution < 1.29 is 0 Å². The summed E-state index contributed by atoms with van der Waals surface area (Å²) in [5.74, 6) is 2.70. The fourth-order valence-corrected chi connectivity index (χ4v) is 6.49. The standard InChI is InChI=1S/C21H19P/c1-3-18-14-16-21(17-15-18)22(2,19-10-6-4-7-11-19)20-12-8-5-9-13-20/h1,4-17,22H,2H3. The van der Waals surface area contributed by atoms with Gasteiger partial charge in [-0.05, 0) is 0 Å². The summed E-state index contributed by atoms with van der Waals surface area (Å²) in [4.78, 5) is 0. The van der Waals surface area contributed by atoms with Crippen LogP contribution < -0.4 is 15.9 Å². The molecule has 1 heteroatoms. The molecule has 0 fully saturated rings. The molecule has 0 radical (unpaired) electrons. The van der Waals surface area contributed by atoms with Crippen LogP contribution in [0.5, 0.6) is 0 Å². The Labute approximate surface area is 133 Å². The van der Waals surface area contributed by atoms with Crippen LogP contribution in [0.4, 0.5) is 0 Å². The topological polar surface area (TPSA) is 0 Å². The Kier molecular flexibility index (Phi) is 4.10. The number of hydrogen-bond acceptors (Lipinski definition) is 0. The van der Waals surface area contributed by atoms with E-state index in [9.17, 15) is 0 Å². The van der Waals surface area contributed by atoms with Gasteiger partial charge in [0.25, 0.3) is 0 Å². The van der Waals surface area contributed by atoms with Gasteiger partial charge in [-0.25, -0.2) is 0 Å². The molecule has 0 nitrogen and oxygen atoms in total. The van der Waals surface area contributed by atoms with Gasteiger partial charge in [-0.15, -0.1) is 0 Å². The minimum absolute atomic E-state index is 0.932. The Bertz CT molecular complexity index is 741. The molecule has 0 atom stereocenters. The van der Waals surface area contributed by atoms with Gasteiger partial charge in [-0.1, -0.05) is 0 Å². The third-order valence-electron chi connectivity index (χ3n) is 4.33. The van der Waals surface area contributed by atoms with Gasteiger partial charge in [0.05, 0.1) is 0 Å². The quantitative estimate of drug-likeness (QED) is 0.514. The van der Waals surface area contributed by atoms with E-state index < -0.39 is 7.26 Å². The van der Waals surface area contributed by atoms with Crippen LogP contribution >= 0.6 is 7.26 Å². The summed E-state index contributed by atoms with van der Waals surface area (Å²) in [6.07, 6.45) is 5.49. The van der Waals surface area contributed by atoms with E-state index >= 15 is 0 Å². The van der Waals surface area contributed by atoms with Gasteiger partial charge in [-0.2, -0.15) is 0 Å². The molecular formula is C21H19P. The van der Waals surface area contributed by atoms with E-state index in [-0.39, 0.29) is 0 Å². The third kappa shape index (κ3) is 2.57. The van der Waals surface area contributed by atoms with Crippen LogP contribution in [0.2, 0.25) is 0 Å². The molecule has 0 aromatic heterocycles. The van der Waals surface area contributed by atoms with Crippen molar-refractivity contribution in [2.24, 2.45) is 0 Å². The van der Waals surface area contributed by atoms with Crippen LogP contribution in [0.25, 0.3) is 0 Å². The first-order valence-corrected chi connectivity index (χ1v) is 9.93. The van der Waals surface area contributed by atoms with Crippen molar-refractivity contribution in [3.63, 3.8) is 0 Å². The van der Waals surface area contributed by atoms with Gasteiger partial charge in [0, 0.05) is 0 Å². The summed E-state index contributed by atoms with van der Waals surface area (Å²) in [6.45, 7) is 2.41. The molecule has 0 aliphatic heterocycles. The van der Waals surface area contributed by atoms with Gasteiger partial charge >= 0.3 is 133 Å². The van der Waals surface area contributed by atoms with Crippen molar-refractivity contribution in [3.8, 4) is 12.3 Å². The molecule has 22 heavy (non-hydrogen) atoms. The molecule has 0 unspecified atom stereocenters. The second kappa shape index (κ2) is 6.18. The summed E-state index contributed by atoms with van der Waals surface area (Å²) >= 11 is 0. The van der Waals surface area contributed by atoms with Crippen molar-refractivity contribution in [1.29, 1.82) is 0 Å². The molecule has 0 saturated carbocycles. The van der Waals surface area contributed by atoms with Gasteiger partial charge in [0.15, 0.2) is 0 Å². The zero-order chi connectivity index (χ0) is 15.4. The molecule has 0 N–H and O–H groups in total. The molecule has 0 saturated heterocycles. The molecule has 0 heterocycles. The van der Waals surface area contributed by atoms with Crippen molar-refractivity contribution in [2.45, 2.75) is 0 Å². The zero-order valence-corrected chi connectivity index (χ0v) is 13.7. The Balaban J connectivity index is 2.21. The van der Waals surface area contributed by atoms with E-state index in [1.54, 1.807) is 0 Å². The van der Waals surface area contributed by atoms with E-state index in [1.807, 2.05) is 12.1 Å². The van der Waals surface area contributed by atoms with Crippen LogP contribution in [0.15, 0.2) is 84.9 Å². The van der Waals surface area contributed by atoms with Crippen molar-refractivity contribution in [3.05, 3.63) is 90.5 Å². The van der Waals surface area contributed by atoms with Crippen LogP contribution in [0, 0.1) is 12.3 Å². The summed E-state index contributed by atoms with van der Waals surface area (Å²) in [7, 11) is -1.98. The number of rotatable bonds is 3. The fraction of sp³-hybridized carbons (Fsp3) is 0.0476. The second-order valence-electron chi connectivity index (χ2n) is 5.58. The summed E-state index contributed by atoms with van der Waals surface area (Å²) in [6, 6.07) is 30.1. The van der Waals surface area contributed by atoms with E-state index in [2.05, 4.69) is 85.4 Å². The Morgan fingerprint density at radius 1 is 0.636 bits per heavy atom. The minimum atomic E-state index is -1.98. The zero-order valence-electron chi connectivity index (χ0n) is 12.7. The van der Waals surface area contributed by atoms with Gasteiger partial charge in [-0.3, -0.25) is 0 Å². The predicted molar refractivity (Wildman–Crippen MR) is 100 cm³/mol.